The molecule has 6 heteroatoms. The monoisotopic (exact) mass is 374 g/mol. The molecule has 1 amide bonds. The van der Waals surface area contributed by atoms with E-state index in [9.17, 15) is 14.7 Å². The molecular weight excluding hydrogens is 352 g/mol. The lowest BCUT2D eigenvalue weighted by atomic mass is 9.82. The molecule has 1 aromatic rings. The van der Waals surface area contributed by atoms with Gasteiger partial charge in [0.15, 0.2) is 0 Å². The zero-order valence-electron chi connectivity index (χ0n) is 14.6. The molecular formula is C20H23ClN2O3. The number of rotatable bonds is 4. The summed E-state index contributed by atoms with van der Waals surface area (Å²) in [6, 6.07) is 7.82. The molecule has 26 heavy (non-hydrogen) atoms. The van der Waals surface area contributed by atoms with Crippen molar-refractivity contribution in [3.63, 3.8) is 0 Å². The third kappa shape index (κ3) is 3.14. The van der Waals surface area contributed by atoms with Gasteiger partial charge in [0, 0.05) is 37.7 Å². The maximum Gasteiger partial charge on any atom is 0.307 e. The van der Waals surface area contributed by atoms with E-state index in [1.165, 1.54) is 0 Å². The van der Waals surface area contributed by atoms with E-state index in [1.54, 1.807) is 0 Å². The Balaban J connectivity index is 1.37. The van der Waals surface area contributed by atoms with E-state index in [0.717, 1.165) is 36.6 Å². The molecule has 4 atom stereocenters. The molecule has 2 aliphatic carbocycles. The van der Waals surface area contributed by atoms with Gasteiger partial charge < -0.3 is 10.0 Å². The van der Waals surface area contributed by atoms with Crippen LogP contribution in [0.1, 0.15) is 12.0 Å². The molecule has 2 fully saturated rings. The van der Waals surface area contributed by atoms with Crippen LogP contribution in [0.2, 0.25) is 5.02 Å². The van der Waals surface area contributed by atoms with Gasteiger partial charge in [-0.2, -0.15) is 0 Å². The predicted octanol–water partition coefficient (Wildman–Crippen LogP) is 2.51. The van der Waals surface area contributed by atoms with Crippen LogP contribution in [0.4, 0.5) is 0 Å². The average molecular weight is 375 g/mol. The zero-order valence-corrected chi connectivity index (χ0v) is 15.3. The van der Waals surface area contributed by atoms with E-state index in [1.807, 2.05) is 41.3 Å². The Morgan fingerprint density at radius 1 is 1.04 bits per heavy atom. The van der Waals surface area contributed by atoms with E-state index >= 15 is 0 Å². The maximum atomic E-state index is 13.0. The minimum absolute atomic E-state index is 0.0200. The van der Waals surface area contributed by atoms with E-state index in [4.69, 9.17) is 11.6 Å². The lowest BCUT2D eigenvalue weighted by Crippen LogP contribution is -2.52. The predicted molar refractivity (Wildman–Crippen MR) is 98.7 cm³/mol. The number of carbonyl (C=O) groups excluding carboxylic acids is 1. The van der Waals surface area contributed by atoms with E-state index in [0.29, 0.717) is 13.1 Å². The fourth-order valence-corrected chi connectivity index (χ4v) is 4.90. The first kappa shape index (κ1) is 17.6. The van der Waals surface area contributed by atoms with Crippen LogP contribution in [-0.2, 0) is 16.1 Å². The molecule has 5 nitrogen and oxygen atoms in total. The Morgan fingerprint density at radius 3 is 2.35 bits per heavy atom. The number of nitrogens with zero attached hydrogens (tertiary/aromatic N) is 2. The summed E-state index contributed by atoms with van der Waals surface area (Å²) in [6.07, 6.45) is 4.83. The summed E-state index contributed by atoms with van der Waals surface area (Å²) >= 11 is 6.24. The average Bonchev–Trinajstić information content (AvgIpc) is 3.25. The Bertz CT molecular complexity index is 742. The van der Waals surface area contributed by atoms with Crippen LogP contribution in [0.5, 0.6) is 0 Å². The number of halogens is 1. The van der Waals surface area contributed by atoms with Gasteiger partial charge in [0.25, 0.3) is 0 Å². The number of amides is 1. The summed E-state index contributed by atoms with van der Waals surface area (Å²) in [7, 11) is 0. The first-order valence-corrected chi connectivity index (χ1v) is 9.58. The number of carboxylic acids is 1. The molecule has 1 heterocycles. The van der Waals surface area contributed by atoms with Crippen molar-refractivity contribution in [2.24, 2.45) is 23.7 Å². The highest BCUT2D eigenvalue weighted by Crippen LogP contribution is 2.48. The normalized spacial score (nSPS) is 30.7. The van der Waals surface area contributed by atoms with Gasteiger partial charge in [-0.15, -0.1) is 0 Å². The number of fused-ring (bicyclic) bond motifs is 2. The lowest BCUT2D eigenvalue weighted by molar-refractivity contribution is -0.151. The largest absolute Gasteiger partial charge is 0.481 e. The number of hydrogen-bond donors (Lipinski definition) is 1. The standard InChI is InChI=1S/C20H23ClN2O3/c21-16-4-2-1-3-15(16)12-22-7-9-23(10-8-22)19(24)17-13-5-6-14(11-13)18(17)20(25)26/h1-6,13-14,17-18H,7-12H2,(H,25,26)/t13-,14-,17-,18-/m0/s1. The van der Waals surface area contributed by atoms with Crippen LogP contribution in [-0.4, -0.2) is 53.0 Å². The summed E-state index contributed by atoms with van der Waals surface area (Å²) in [4.78, 5) is 28.8. The molecule has 3 aliphatic rings. The fourth-order valence-electron chi connectivity index (χ4n) is 4.70. The molecule has 4 rings (SSSR count). The maximum absolute atomic E-state index is 13.0. The minimum Gasteiger partial charge on any atom is -0.481 e. The Labute approximate surface area is 158 Å². The fraction of sp³-hybridized carbons (Fsp3) is 0.500. The van der Waals surface area contributed by atoms with Crippen molar-refractivity contribution in [1.82, 2.24) is 9.80 Å². The number of carbonyl (C=O) groups is 2. The number of allylic oxidation sites excluding steroid dienone is 2. The Morgan fingerprint density at radius 2 is 1.69 bits per heavy atom. The highest BCUT2D eigenvalue weighted by Gasteiger charge is 2.52. The second kappa shape index (κ2) is 7.05. The topological polar surface area (TPSA) is 60.9 Å². The van der Waals surface area contributed by atoms with Crippen LogP contribution in [0.15, 0.2) is 36.4 Å². The summed E-state index contributed by atoms with van der Waals surface area (Å²) < 4.78 is 0. The second-order valence-corrected chi connectivity index (χ2v) is 7.94. The third-order valence-corrected chi connectivity index (χ3v) is 6.43. The first-order chi connectivity index (χ1) is 12.5. The molecule has 1 saturated carbocycles. The van der Waals surface area contributed by atoms with Crippen molar-refractivity contribution in [3.8, 4) is 0 Å². The number of aliphatic carboxylic acids is 1. The van der Waals surface area contributed by atoms with Crippen molar-refractivity contribution < 1.29 is 14.7 Å². The quantitative estimate of drug-likeness (QED) is 0.822. The molecule has 1 aromatic carbocycles. The minimum atomic E-state index is -0.836. The van der Waals surface area contributed by atoms with Gasteiger partial charge >= 0.3 is 5.97 Å². The van der Waals surface area contributed by atoms with Gasteiger partial charge in [-0.3, -0.25) is 14.5 Å². The van der Waals surface area contributed by atoms with Gasteiger partial charge in [0.2, 0.25) is 5.91 Å². The highest BCUT2D eigenvalue weighted by molar-refractivity contribution is 6.31. The summed E-state index contributed by atoms with van der Waals surface area (Å²) in [5.74, 6) is -1.65. The van der Waals surface area contributed by atoms with Gasteiger partial charge in [0.1, 0.15) is 0 Å². The van der Waals surface area contributed by atoms with Crippen LogP contribution < -0.4 is 0 Å². The molecule has 1 saturated heterocycles. The van der Waals surface area contributed by atoms with Crippen molar-refractivity contribution in [1.29, 1.82) is 0 Å². The molecule has 138 valence electrons. The third-order valence-electron chi connectivity index (χ3n) is 6.07. The number of benzene rings is 1. The van der Waals surface area contributed by atoms with Crippen LogP contribution in [0.3, 0.4) is 0 Å². The van der Waals surface area contributed by atoms with Crippen molar-refractivity contribution in [2.45, 2.75) is 13.0 Å². The molecule has 2 bridgehead atoms. The molecule has 1 aliphatic heterocycles. The van der Waals surface area contributed by atoms with Gasteiger partial charge in [-0.25, -0.2) is 0 Å². The first-order valence-electron chi connectivity index (χ1n) is 9.20. The van der Waals surface area contributed by atoms with Crippen LogP contribution in [0, 0.1) is 23.7 Å². The summed E-state index contributed by atoms with van der Waals surface area (Å²) in [5.41, 5.74) is 1.10. The van der Waals surface area contributed by atoms with E-state index in [2.05, 4.69) is 4.90 Å². The van der Waals surface area contributed by atoms with Gasteiger partial charge in [0.05, 0.1) is 11.8 Å². The lowest BCUT2D eigenvalue weighted by Gasteiger charge is -2.37. The highest BCUT2D eigenvalue weighted by atomic mass is 35.5. The molecule has 0 radical (unpaired) electrons. The van der Waals surface area contributed by atoms with Crippen molar-refractivity contribution in [2.75, 3.05) is 26.2 Å². The smallest absolute Gasteiger partial charge is 0.307 e. The number of hydrogen-bond acceptors (Lipinski definition) is 3. The number of piperazine rings is 1. The number of carboxylic acid groups (broad SMARTS) is 1. The van der Waals surface area contributed by atoms with E-state index in [-0.39, 0.29) is 17.7 Å². The summed E-state index contributed by atoms with van der Waals surface area (Å²) in [6.45, 7) is 3.63. The zero-order chi connectivity index (χ0) is 18.3. The SMILES string of the molecule is O=C(O)[C@@H]1[C@@H](C(=O)N2CCN(Cc3ccccc3Cl)CC2)[C@H]2C=C[C@H]1C2. The Hall–Kier alpha value is -1.85. The van der Waals surface area contributed by atoms with Crippen LogP contribution >= 0.6 is 11.6 Å². The van der Waals surface area contributed by atoms with Gasteiger partial charge in [-0.05, 0) is 29.9 Å². The molecule has 0 unspecified atom stereocenters. The van der Waals surface area contributed by atoms with Gasteiger partial charge in [-0.1, -0.05) is 42.0 Å². The van der Waals surface area contributed by atoms with Crippen LogP contribution in [0.25, 0.3) is 0 Å². The Kier molecular flexibility index (Phi) is 4.76. The molecule has 0 aromatic heterocycles. The molecule has 0 spiro atoms. The summed E-state index contributed by atoms with van der Waals surface area (Å²) in [5, 5.41) is 10.3. The van der Waals surface area contributed by atoms with E-state index < -0.39 is 17.8 Å². The van der Waals surface area contributed by atoms with Crippen molar-refractivity contribution >= 4 is 23.5 Å². The second-order valence-electron chi connectivity index (χ2n) is 7.53. The molecule has 1 N–H and O–H groups in total. The van der Waals surface area contributed by atoms with Crippen molar-refractivity contribution in [3.05, 3.63) is 47.0 Å².